The molecular weight excluding hydrogens is 313 g/mol. The normalized spacial score (nSPS) is 16.4. The number of halogens is 1. The Balaban J connectivity index is 1.83. The smallest absolute Gasteiger partial charge is 0.123 e. The molecule has 0 saturated carbocycles. The molecule has 0 aromatic heterocycles. The van der Waals surface area contributed by atoms with Gasteiger partial charge in [-0.15, -0.1) is 0 Å². The molecule has 3 heteroatoms. The molecule has 4 rings (SSSR count). The maximum Gasteiger partial charge on any atom is 0.123 e. The summed E-state index contributed by atoms with van der Waals surface area (Å²) in [5.41, 5.74) is 4.49. The van der Waals surface area contributed by atoms with E-state index >= 15 is 0 Å². The fourth-order valence-corrected chi connectivity index (χ4v) is 3.63. The number of hydrogen-bond donors (Lipinski definition) is 0. The number of aryl methyl sites for hydroxylation is 1. The van der Waals surface area contributed by atoms with Crippen LogP contribution in [0.5, 0.6) is 5.75 Å². The Morgan fingerprint density at radius 2 is 1.72 bits per heavy atom. The first-order valence-corrected chi connectivity index (χ1v) is 8.53. The van der Waals surface area contributed by atoms with E-state index in [4.69, 9.17) is 4.74 Å². The van der Waals surface area contributed by atoms with Crippen molar-refractivity contribution < 1.29 is 9.13 Å². The zero-order chi connectivity index (χ0) is 17.2. The Hall–Kier alpha value is -2.81. The molecule has 0 bridgehead atoms. The number of hydrogen-bond acceptors (Lipinski definition) is 2. The highest BCUT2D eigenvalue weighted by Crippen LogP contribution is 2.44. The van der Waals surface area contributed by atoms with Gasteiger partial charge in [0, 0.05) is 11.4 Å². The Labute approximate surface area is 147 Å². The largest absolute Gasteiger partial charge is 0.497 e. The van der Waals surface area contributed by atoms with E-state index in [1.807, 2.05) is 24.3 Å². The zero-order valence-corrected chi connectivity index (χ0v) is 14.2. The molecule has 0 aliphatic carbocycles. The van der Waals surface area contributed by atoms with Gasteiger partial charge in [0.05, 0.1) is 13.2 Å². The molecule has 3 aromatic carbocycles. The molecule has 1 aliphatic rings. The van der Waals surface area contributed by atoms with Crippen molar-refractivity contribution in [3.05, 3.63) is 89.7 Å². The third-order valence-electron chi connectivity index (χ3n) is 4.83. The van der Waals surface area contributed by atoms with Crippen LogP contribution in [0.2, 0.25) is 0 Å². The van der Waals surface area contributed by atoms with Crippen molar-refractivity contribution in [1.29, 1.82) is 0 Å². The summed E-state index contributed by atoms with van der Waals surface area (Å²) >= 11 is 0. The molecule has 1 unspecified atom stereocenters. The molecule has 0 amide bonds. The first-order chi connectivity index (χ1) is 12.3. The molecule has 0 saturated heterocycles. The van der Waals surface area contributed by atoms with Gasteiger partial charge in [0.1, 0.15) is 11.6 Å². The van der Waals surface area contributed by atoms with Crippen LogP contribution in [0.15, 0.2) is 72.8 Å². The minimum absolute atomic E-state index is 0.174. The lowest BCUT2D eigenvalue weighted by Crippen LogP contribution is -2.29. The monoisotopic (exact) mass is 333 g/mol. The molecule has 3 aromatic rings. The lowest BCUT2D eigenvalue weighted by Gasteiger charge is -2.39. The van der Waals surface area contributed by atoms with Crippen molar-refractivity contribution in [2.75, 3.05) is 12.0 Å². The first-order valence-electron chi connectivity index (χ1n) is 8.53. The van der Waals surface area contributed by atoms with Gasteiger partial charge in [-0.25, -0.2) is 4.39 Å². The first kappa shape index (κ1) is 15.7. The minimum Gasteiger partial charge on any atom is -0.497 e. The van der Waals surface area contributed by atoms with Gasteiger partial charge < -0.3 is 9.64 Å². The van der Waals surface area contributed by atoms with E-state index in [0.29, 0.717) is 0 Å². The summed E-state index contributed by atoms with van der Waals surface area (Å²) in [6.07, 6.45) is 1.83. The average Bonchev–Trinajstić information content (AvgIpc) is 2.68. The Morgan fingerprint density at radius 1 is 0.960 bits per heavy atom. The van der Waals surface area contributed by atoms with Crippen LogP contribution in [0.3, 0.4) is 0 Å². The molecular formula is C22H20FNO. The van der Waals surface area contributed by atoms with Gasteiger partial charge in [-0.05, 0) is 66.4 Å². The second-order valence-corrected chi connectivity index (χ2v) is 6.31. The molecule has 1 heterocycles. The Bertz CT molecular complexity index is 861. The van der Waals surface area contributed by atoms with Crippen molar-refractivity contribution in [2.45, 2.75) is 18.9 Å². The number of anilines is 2. The van der Waals surface area contributed by atoms with Crippen molar-refractivity contribution >= 4 is 11.4 Å². The molecule has 1 aliphatic heterocycles. The summed E-state index contributed by atoms with van der Waals surface area (Å²) in [7, 11) is 1.67. The van der Waals surface area contributed by atoms with E-state index in [1.165, 1.54) is 5.56 Å². The summed E-state index contributed by atoms with van der Waals surface area (Å²) < 4.78 is 19.0. The van der Waals surface area contributed by atoms with Gasteiger partial charge in [-0.2, -0.15) is 0 Å². The van der Waals surface area contributed by atoms with E-state index in [0.717, 1.165) is 35.5 Å². The van der Waals surface area contributed by atoms with Crippen LogP contribution in [0, 0.1) is 5.82 Å². The van der Waals surface area contributed by atoms with E-state index in [-0.39, 0.29) is 11.9 Å². The van der Waals surface area contributed by atoms with Crippen LogP contribution in [-0.2, 0) is 6.42 Å². The van der Waals surface area contributed by atoms with Crippen LogP contribution in [0.1, 0.15) is 23.6 Å². The number of benzene rings is 3. The third kappa shape index (κ3) is 2.98. The summed E-state index contributed by atoms with van der Waals surface area (Å²) in [5.74, 6) is 0.656. The molecule has 2 nitrogen and oxygen atoms in total. The molecule has 25 heavy (non-hydrogen) atoms. The highest BCUT2D eigenvalue weighted by Gasteiger charge is 2.28. The second kappa shape index (κ2) is 6.60. The SMILES string of the molecule is COc1ccc(N2c3ccc(F)cc3CCC2c2ccccc2)cc1. The predicted molar refractivity (Wildman–Crippen MR) is 99.0 cm³/mol. The second-order valence-electron chi connectivity index (χ2n) is 6.31. The maximum absolute atomic E-state index is 13.7. The van der Waals surface area contributed by atoms with Gasteiger partial charge in [-0.3, -0.25) is 0 Å². The molecule has 1 atom stereocenters. The van der Waals surface area contributed by atoms with Gasteiger partial charge in [0.2, 0.25) is 0 Å². The Morgan fingerprint density at radius 3 is 2.44 bits per heavy atom. The summed E-state index contributed by atoms with van der Waals surface area (Å²) in [6, 6.07) is 23.9. The number of rotatable bonds is 3. The number of nitrogens with zero attached hydrogens (tertiary/aromatic N) is 1. The van der Waals surface area contributed by atoms with Gasteiger partial charge >= 0.3 is 0 Å². The fraction of sp³-hybridized carbons (Fsp3) is 0.182. The molecule has 0 radical (unpaired) electrons. The standard InChI is InChI=1S/C22H20FNO/c1-25-20-11-9-19(10-12-20)24-21(16-5-3-2-4-6-16)13-7-17-15-18(23)8-14-22(17)24/h2-6,8-12,14-15,21H,7,13H2,1H3. The lowest BCUT2D eigenvalue weighted by molar-refractivity contribution is 0.415. The van der Waals surface area contributed by atoms with Crippen molar-refractivity contribution in [3.63, 3.8) is 0 Å². The van der Waals surface area contributed by atoms with Crippen LogP contribution in [0.4, 0.5) is 15.8 Å². The average molecular weight is 333 g/mol. The molecule has 0 fully saturated rings. The number of ether oxygens (including phenoxy) is 1. The van der Waals surface area contributed by atoms with E-state index in [1.54, 1.807) is 19.2 Å². The third-order valence-corrected chi connectivity index (χ3v) is 4.83. The summed E-state index contributed by atoms with van der Waals surface area (Å²) in [4.78, 5) is 2.31. The molecule has 126 valence electrons. The highest BCUT2D eigenvalue weighted by molar-refractivity contribution is 5.70. The summed E-state index contributed by atoms with van der Waals surface area (Å²) in [6.45, 7) is 0. The lowest BCUT2D eigenvalue weighted by atomic mass is 9.90. The van der Waals surface area contributed by atoms with E-state index in [9.17, 15) is 4.39 Å². The van der Waals surface area contributed by atoms with E-state index in [2.05, 4.69) is 41.3 Å². The van der Waals surface area contributed by atoms with Crippen LogP contribution < -0.4 is 9.64 Å². The van der Waals surface area contributed by atoms with Crippen LogP contribution in [0.25, 0.3) is 0 Å². The van der Waals surface area contributed by atoms with Gasteiger partial charge in [0.25, 0.3) is 0 Å². The van der Waals surface area contributed by atoms with Crippen molar-refractivity contribution in [1.82, 2.24) is 0 Å². The predicted octanol–water partition coefficient (Wildman–Crippen LogP) is 5.66. The summed E-state index contributed by atoms with van der Waals surface area (Å²) in [5, 5.41) is 0. The van der Waals surface area contributed by atoms with Gasteiger partial charge in [0.15, 0.2) is 0 Å². The van der Waals surface area contributed by atoms with Crippen molar-refractivity contribution in [3.8, 4) is 5.75 Å². The molecule has 0 N–H and O–H groups in total. The van der Waals surface area contributed by atoms with E-state index < -0.39 is 0 Å². The van der Waals surface area contributed by atoms with Crippen LogP contribution in [-0.4, -0.2) is 7.11 Å². The maximum atomic E-state index is 13.7. The van der Waals surface area contributed by atoms with Crippen molar-refractivity contribution in [2.24, 2.45) is 0 Å². The quantitative estimate of drug-likeness (QED) is 0.613. The zero-order valence-electron chi connectivity index (χ0n) is 14.2. The van der Waals surface area contributed by atoms with Gasteiger partial charge in [-0.1, -0.05) is 30.3 Å². The molecule has 0 spiro atoms. The Kier molecular flexibility index (Phi) is 4.14. The highest BCUT2D eigenvalue weighted by atomic mass is 19.1. The number of methoxy groups -OCH3 is 1. The fourth-order valence-electron chi connectivity index (χ4n) is 3.63. The van der Waals surface area contributed by atoms with Crippen LogP contribution >= 0.6 is 0 Å². The topological polar surface area (TPSA) is 12.5 Å². The number of fused-ring (bicyclic) bond motifs is 1. The minimum atomic E-state index is -0.174.